The van der Waals surface area contributed by atoms with Crippen molar-refractivity contribution >= 4 is 11.8 Å². The van der Waals surface area contributed by atoms with E-state index in [4.69, 9.17) is 4.74 Å². The highest BCUT2D eigenvalue weighted by Gasteiger charge is 2.15. The average Bonchev–Trinajstić information content (AvgIpc) is 2.42. The minimum atomic E-state index is -0.366. The second-order valence-corrected chi connectivity index (χ2v) is 3.76. The number of rotatable bonds is 3. The second kappa shape index (κ2) is 5.87. The van der Waals surface area contributed by atoms with E-state index >= 15 is 0 Å². The highest BCUT2D eigenvalue weighted by Crippen LogP contribution is 2.16. The summed E-state index contributed by atoms with van der Waals surface area (Å²) in [4.78, 5) is 13.6. The minimum Gasteiger partial charge on any atom is -0.410 e. The van der Waals surface area contributed by atoms with Gasteiger partial charge in [0.1, 0.15) is 5.75 Å². The van der Waals surface area contributed by atoms with E-state index in [0.717, 1.165) is 5.69 Å². The number of hydrogen-bond acceptors (Lipinski definition) is 2. The van der Waals surface area contributed by atoms with Gasteiger partial charge in [-0.25, -0.2) is 4.79 Å². The van der Waals surface area contributed by atoms with Gasteiger partial charge in [-0.1, -0.05) is 36.4 Å². The molecule has 0 heterocycles. The number of ether oxygens (including phenoxy) is 1. The van der Waals surface area contributed by atoms with Crippen LogP contribution < -0.4 is 9.64 Å². The Balaban J connectivity index is 2.12. The summed E-state index contributed by atoms with van der Waals surface area (Å²) in [6, 6.07) is 18.6. The molecule has 92 valence electrons. The molecule has 0 spiro atoms. The molecule has 2 aromatic rings. The molecule has 18 heavy (non-hydrogen) atoms. The molecular weight excluding hydrogens is 226 g/mol. The predicted octanol–water partition coefficient (Wildman–Crippen LogP) is 3.71. The quantitative estimate of drug-likeness (QED) is 0.819. The van der Waals surface area contributed by atoms with Gasteiger partial charge in [-0.05, 0) is 31.2 Å². The highest BCUT2D eigenvalue weighted by molar-refractivity contribution is 5.88. The van der Waals surface area contributed by atoms with Crippen LogP contribution in [0.3, 0.4) is 0 Å². The Morgan fingerprint density at radius 1 is 1.00 bits per heavy atom. The number of benzene rings is 2. The fraction of sp³-hybridized carbons (Fsp3) is 0.133. The van der Waals surface area contributed by atoms with E-state index < -0.39 is 0 Å². The maximum Gasteiger partial charge on any atom is 0.419 e. The van der Waals surface area contributed by atoms with Crippen molar-refractivity contribution in [3.8, 4) is 5.75 Å². The first-order valence-electron chi connectivity index (χ1n) is 5.90. The van der Waals surface area contributed by atoms with Crippen LogP contribution >= 0.6 is 0 Å². The SMILES string of the molecule is CCN(C(=O)Oc1ccccc1)c1ccccc1. The molecule has 2 aromatic carbocycles. The zero-order valence-corrected chi connectivity index (χ0v) is 10.2. The summed E-state index contributed by atoms with van der Waals surface area (Å²) in [7, 11) is 0. The van der Waals surface area contributed by atoms with Gasteiger partial charge in [0.15, 0.2) is 0 Å². The molecule has 0 N–H and O–H groups in total. The standard InChI is InChI=1S/C15H15NO2/c1-2-16(13-9-5-3-6-10-13)15(17)18-14-11-7-4-8-12-14/h3-12H,2H2,1H3. The molecule has 0 radical (unpaired) electrons. The summed E-state index contributed by atoms with van der Waals surface area (Å²) in [6.45, 7) is 2.48. The Labute approximate surface area is 107 Å². The van der Waals surface area contributed by atoms with E-state index in [9.17, 15) is 4.79 Å². The summed E-state index contributed by atoms with van der Waals surface area (Å²) in [5, 5.41) is 0. The summed E-state index contributed by atoms with van der Waals surface area (Å²) < 4.78 is 5.31. The lowest BCUT2D eigenvalue weighted by Gasteiger charge is -2.20. The Morgan fingerprint density at radius 3 is 2.11 bits per heavy atom. The number of nitrogens with zero attached hydrogens (tertiary/aromatic N) is 1. The molecule has 0 saturated carbocycles. The number of carbonyl (C=O) groups excluding carboxylic acids is 1. The number of para-hydroxylation sites is 2. The Morgan fingerprint density at radius 2 is 1.56 bits per heavy atom. The van der Waals surface area contributed by atoms with E-state index in [1.54, 1.807) is 17.0 Å². The van der Waals surface area contributed by atoms with Gasteiger partial charge in [-0.2, -0.15) is 0 Å². The highest BCUT2D eigenvalue weighted by atomic mass is 16.6. The number of amides is 1. The van der Waals surface area contributed by atoms with Crippen LogP contribution in [0, 0.1) is 0 Å². The first kappa shape index (κ1) is 12.2. The summed E-state index contributed by atoms with van der Waals surface area (Å²) >= 11 is 0. The zero-order chi connectivity index (χ0) is 12.8. The van der Waals surface area contributed by atoms with Gasteiger partial charge in [0.25, 0.3) is 0 Å². The van der Waals surface area contributed by atoms with Crippen LogP contribution in [-0.4, -0.2) is 12.6 Å². The van der Waals surface area contributed by atoms with Crippen LogP contribution in [0.2, 0.25) is 0 Å². The number of hydrogen-bond donors (Lipinski definition) is 0. The number of anilines is 1. The second-order valence-electron chi connectivity index (χ2n) is 3.76. The maximum atomic E-state index is 12.0. The van der Waals surface area contributed by atoms with Crippen molar-refractivity contribution in [1.29, 1.82) is 0 Å². The molecule has 1 amide bonds. The van der Waals surface area contributed by atoms with Gasteiger partial charge in [0, 0.05) is 12.2 Å². The molecule has 3 nitrogen and oxygen atoms in total. The minimum absolute atomic E-state index is 0.366. The molecule has 0 aliphatic carbocycles. The molecule has 0 atom stereocenters. The first-order chi connectivity index (χ1) is 8.81. The monoisotopic (exact) mass is 241 g/mol. The lowest BCUT2D eigenvalue weighted by molar-refractivity contribution is 0.208. The van der Waals surface area contributed by atoms with E-state index in [-0.39, 0.29) is 6.09 Å². The Kier molecular flexibility index (Phi) is 3.97. The van der Waals surface area contributed by atoms with Crippen LogP contribution in [0.5, 0.6) is 5.75 Å². The molecule has 3 heteroatoms. The lowest BCUT2D eigenvalue weighted by atomic mass is 10.3. The third-order valence-corrected chi connectivity index (χ3v) is 2.55. The van der Waals surface area contributed by atoms with Gasteiger partial charge >= 0.3 is 6.09 Å². The maximum absolute atomic E-state index is 12.0. The van der Waals surface area contributed by atoms with Crippen LogP contribution in [0.25, 0.3) is 0 Å². The van der Waals surface area contributed by atoms with Crippen molar-refractivity contribution in [1.82, 2.24) is 0 Å². The largest absolute Gasteiger partial charge is 0.419 e. The van der Waals surface area contributed by atoms with Gasteiger partial charge in [0.05, 0.1) is 0 Å². The molecule has 0 bridgehead atoms. The van der Waals surface area contributed by atoms with E-state index in [2.05, 4.69) is 0 Å². The van der Waals surface area contributed by atoms with Gasteiger partial charge < -0.3 is 4.74 Å². The van der Waals surface area contributed by atoms with Crippen molar-refractivity contribution in [2.24, 2.45) is 0 Å². The summed E-state index contributed by atoms with van der Waals surface area (Å²) in [5.41, 5.74) is 0.834. The number of carbonyl (C=O) groups is 1. The fourth-order valence-electron chi connectivity index (χ4n) is 1.67. The van der Waals surface area contributed by atoms with Gasteiger partial charge in [-0.15, -0.1) is 0 Å². The van der Waals surface area contributed by atoms with E-state index in [1.807, 2.05) is 55.5 Å². The van der Waals surface area contributed by atoms with Crippen molar-refractivity contribution in [2.45, 2.75) is 6.92 Å². The molecule has 2 rings (SSSR count). The summed E-state index contributed by atoms with van der Waals surface area (Å²) in [6.07, 6.45) is -0.366. The third kappa shape index (κ3) is 2.88. The summed E-state index contributed by atoms with van der Waals surface area (Å²) in [5.74, 6) is 0.553. The molecule has 0 fully saturated rings. The van der Waals surface area contributed by atoms with E-state index in [1.165, 1.54) is 0 Å². The fourth-order valence-corrected chi connectivity index (χ4v) is 1.67. The van der Waals surface area contributed by atoms with Crippen molar-refractivity contribution in [3.05, 3.63) is 60.7 Å². The zero-order valence-electron chi connectivity index (χ0n) is 10.2. The van der Waals surface area contributed by atoms with E-state index in [0.29, 0.717) is 12.3 Å². The molecule has 0 unspecified atom stereocenters. The first-order valence-corrected chi connectivity index (χ1v) is 5.90. The van der Waals surface area contributed by atoms with Crippen LogP contribution in [0.15, 0.2) is 60.7 Å². The molecule has 0 aromatic heterocycles. The molecule has 0 aliphatic rings. The topological polar surface area (TPSA) is 29.5 Å². The normalized spacial score (nSPS) is 9.83. The van der Waals surface area contributed by atoms with Crippen molar-refractivity contribution in [2.75, 3.05) is 11.4 Å². The molecule has 0 aliphatic heterocycles. The Bertz CT molecular complexity index is 496. The third-order valence-electron chi connectivity index (χ3n) is 2.55. The lowest BCUT2D eigenvalue weighted by Crippen LogP contribution is -2.33. The smallest absolute Gasteiger partial charge is 0.410 e. The van der Waals surface area contributed by atoms with Crippen LogP contribution in [0.1, 0.15) is 6.92 Å². The van der Waals surface area contributed by atoms with Gasteiger partial charge in [0.2, 0.25) is 0 Å². The van der Waals surface area contributed by atoms with Crippen LogP contribution in [0.4, 0.5) is 10.5 Å². The Hall–Kier alpha value is -2.29. The predicted molar refractivity (Wildman–Crippen MR) is 71.9 cm³/mol. The van der Waals surface area contributed by atoms with Crippen molar-refractivity contribution < 1.29 is 9.53 Å². The van der Waals surface area contributed by atoms with Crippen LogP contribution in [-0.2, 0) is 0 Å². The molecular formula is C15H15NO2. The molecule has 0 saturated heterocycles. The van der Waals surface area contributed by atoms with Gasteiger partial charge in [-0.3, -0.25) is 4.90 Å². The van der Waals surface area contributed by atoms with Crippen molar-refractivity contribution in [3.63, 3.8) is 0 Å². The average molecular weight is 241 g/mol.